The van der Waals surface area contributed by atoms with E-state index in [4.69, 9.17) is 5.11 Å². The molecular weight excluding hydrogens is 354 g/mol. The van der Waals surface area contributed by atoms with Crippen LogP contribution in [-0.4, -0.2) is 56.3 Å². The Morgan fingerprint density at radius 1 is 1.38 bits per heavy atom. The van der Waals surface area contributed by atoms with Gasteiger partial charge in [-0.3, -0.25) is 14.3 Å². The third-order valence-electron chi connectivity index (χ3n) is 4.39. The van der Waals surface area contributed by atoms with E-state index in [9.17, 15) is 9.59 Å². The summed E-state index contributed by atoms with van der Waals surface area (Å²) >= 11 is 1.44. The van der Waals surface area contributed by atoms with Gasteiger partial charge in [-0.15, -0.1) is 11.3 Å². The topological polar surface area (TPSA) is 100 Å². The first kappa shape index (κ1) is 18.5. The standard InChI is InChI=1S/C17H23N5O3S/c23-10-2-7-19-17(25)15-5-4-14(26-15)13-3-1-8-22(13)16(24)6-9-21-12-18-11-20-21/h4-5,11-13,23H,1-3,6-10H2,(H,19,25)/t13-/m1/s1. The number of nitrogens with one attached hydrogen (secondary N) is 1. The van der Waals surface area contributed by atoms with Crippen LogP contribution in [0.4, 0.5) is 0 Å². The van der Waals surface area contributed by atoms with Gasteiger partial charge in [0.15, 0.2) is 0 Å². The van der Waals surface area contributed by atoms with E-state index in [0.29, 0.717) is 30.8 Å². The van der Waals surface area contributed by atoms with E-state index in [1.807, 2.05) is 17.0 Å². The van der Waals surface area contributed by atoms with E-state index < -0.39 is 0 Å². The second kappa shape index (κ2) is 8.91. The van der Waals surface area contributed by atoms with Gasteiger partial charge in [-0.25, -0.2) is 4.98 Å². The van der Waals surface area contributed by atoms with Crippen molar-refractivity contribution in [1.82, 2.24) is 25.0 Å². The first-order valence-electron chi connectivity index (χ1n) is 8.79. The molecular formula is C17H23N5O3S. The molecule has 1 aliphatic heterocycles. The Hall–Kier alpha value is -2.26. The Balaban J connectivity index is 1.59. The molecule has 1 fully saturated rings. The minimum atomic E-state index is -0.128. The van der Waals surface area contributed by atoms with Crippen molar-refractivity contribution in [2.24, 2.45) is 0 Å². The first-order chi connectivity index (χ1) is 12.7. The van der Waals surface area contributed by atoms with Gasteiger partial charge < -0.3 is 15.3 Å². The molecule has 2 aromatic heterocycles. The van der Waals surface area contributed by atoms with Crippen LogP contribution in [-0.2, 0) is 11.3 Å². The van der Waals surface area contributed by atoms with Crippen LogP contribution in [0.3, 0.4) is 0 Å². The van der Waals surface area contributed by atoms with Gasteiger partial charge in [0.05, 0.1) is 17.5 Å². The van der Waals surface area contributed by atoms with Crippen molar-refractivity contribution in [2.75, 3.05) is 19.7 Å². The Morgan fingerprint density at radius 3 is 3.04 bits per heavy atom. The molecule has 2 aromatic rings. The normalized spacial score (nSPS) is 16.8. The number of aliphatic hydroxyl groups is 1. The summed E-state index contributed by atoms with van der Waals surface area (Å²) in [5, 5.41) is 15.6. The maximum Gasteiger partial charge on any atom is 0.261 e. The Kier molecular flexibility index (Phi) is 6.35. The first-order valence-corrected chi connectivity index (χ1v) is 9.61. The molecule has 0 radical (unpaired) electrons. The zero-order valence-corrected chi connectivity index (χ0v) is 15.3. The van der Waals surface area contributed by atoms with Crippen LogP contribution in [0.25, 0.3) is 0 Å². The molecule has 1 atom stereocenters. The second-order valence-corrected chi connectivity index (χ2v) is 7.30. The zero-order valence-electron chi connectivity index (χ0n) is 14.5. The highest BCUT2D eigenvalue weighted by molar-refractivity contribution is 7.14. The van der Waals surface area contributed by atoms with Gasteiger partial charge in [-0.1, -0.05) is 0 Å². The lowest BCUT2D eigenvalue weighted by atomic mass is 10.2. The summed E-state index contributed by atoms with van der Waals surface area (Å²) in [6.45, 7) is 1.78. The SMILES string of the molecule is O=C(NCCCO)c1ccc([C@H]2CCCN2C(=O)CCn2cncn2)s1. The lowest BCUT2D eigenvalue weighted by Gasteiger charge is -2.24. The van der Waals surface area contributed by atoms with Gasteiger partial charge in [0, 0.05) is 31.0 Å². The predicted molar refractivity (Wildman–Crippen MR) is 96.7 cm³/mol. The summed E-state index contributed by atoms with van der Waals surface area (Å²) in [6, 6.07) is 3.80. The number of amides is 2. The number of hydrogen-bond acceptors (Lipinski definition) is 6. The molecule has 0 aromatic carbocycles. The maximum absolute atomic E-state index is 12.6. The highest BCUT2D eigenvalue weighted by atomic mass is 32.1. The average molecular weight is 377 g/mol. The van der Waals surface area contributed by atoms with Gasteiger partial charge >= 0.3 is 0 Å². The lowest BCUT2D eigenvalue weighted by molar-refractivity contribution is -0.132. The predicted octanol–water partition coefficient (Wildman–Crippen LogP) is 1.21. The van der Waals surface area contributed by atoms with Crippen LogP contribution in [0, 0.1) is 0 Å². The molecule has 140 valence electrons. The van der Waals surface area contributed by atoms with Crippen LogP contribution >= 0.6 is 11.3 Å². The number of aliphatic hydroxyl groups excluding tert-OH is 1. The smallest absolute Gasteiger partial charge is 0.261 e. The second-order valence-electron chi connectivity index (χ2n) is 6.19. The molecule has 0 saturated carbocycles. The summed E-state index contributed by atoms with van der Waals surface area (Å²) in [6.07, 6.45) is 5.88. The third-order valence-corrected chi connectivity index (χ3v) is 5.58. The minimum absolute atomic E-state index is 0.0437. The van der Waals surface area contributed by atoms with Crippen molar-refractivity contribution < 1.29 is 14.7 Å². The van der Waals surface area contributed by atoms with Crippen LogP contribution in [0.5, 0.6) is 0 Å². The number of rotatable bonds is 8. The van der Waals surface area contributed by atoms with Crippen molar-refractivity contribution in [2.45, 2.75) is 38.3 Å². The number of nitrogens with zero attached hydrogens (tertiary/aromatic N) is 4. The Morgan fingerprint density at radius 2 is 2.27 bits per heavy atom. The van der Waals surface area contributed by atoms with Crippen molar-refractivity contribution >= 4 is 23.2 Å². The monoisotopic (exact) mass is 377 g/mol. The summed E-state index contributed by atoms with van der Waals surface area (Å²) in [7, 11) is 0. The van der Waals surface area contributed by atoms with E-state index >= 15 is 0 Å². The molecule has 2 amide bonds. The highest BCUT2D eigenvalue weighted by Crippen LogP contribution is 2.36. The Bertz CT molecular complexity index is 731. The molecule has 3 rings (SSSR count). The number of thiophene rings is 1. The molecule has 9 heteroatoms. The number of likely N-dealkylation sites (tertiary alicyclic amines) is 1. The van der Waals surface area contributed by atoms with E-state index in [2.05, 4.69) is 15.4 Å². The van der Waals surface area contributed by atoms with E-state index in [1.165, 1.54) is 17.7 Å². The van der Waals surface area contributed by atoms with Gasteiger partial charge in [0.1, 0.15) is 12.7 Å². The van der Waals surface area contributed by atoms with Gasteiger partial charge in [-0.05, 0) is 31.4 Å². The maximum atomic E-state index is 12.6. The van der Waals surface area contributed by atoms with Crippen molar-refractivity contribution in [3.05, 3.63) is 34.5 Å². The largest absolute Gasteiger partial charge is 0.396 e. The fourth-order valence-corrected chi connectivity index (χ4v) is 4.16. The fraction of sp³-hybridized carbons (Fsp3) is 0.529. The van der Waals surface area contributed by atoms with E-state index in [1.54, 1.807) is 11.0 Å². The van der Waals surface area contributed by atoms with Gasteiger partial charge in [0.2, 0.25) is 5.91 Å². The minimum Gasteiger partial charge on any atom is -0.396 e. The average Bonchev–Trinajstić information content (AvgIpc) is 3.40. The lowest BCUT2D eigenvalue weighted by Crippen LogP contribution is -2.30. The van der Waals surface area contributed by atoms with Crippen molar-refractivity contribution in [3.63, 3.8) is 0 Å². The molecule has 2 N–H and O–H groups in total. The molecule has 1 saturated heterocycles. The summed E-state index contributed by atoms with van der Waals surface area (Å²) in [5.41, 5.74) is 0. The Labute approximate surface area is 155 Å². The van der Waals surface area contributed by atoms with Crippen LogP contribution in [0.1, 0.15) is 46.3 Å². The summed E-state index contributed by atoms with van der Waals surface area (Å²) in [4.78, 5) is 32.2. The number of hydrogen-bond donors (Lipinski definition) is 2. The third kappa shape index (κ3) is 4.47. The molecule has 0 spiro atoms. The van der Waals surface area contributed by atoms with Gasteiger partial charge in [-0.2, -0.15) is 5.10 Å². The zero-order chi connectivity index (χ0) is 18.4. The molecule has 0 unspecified atom stereocenters. The quantitative estimate of drug-likeness (QED) is 0.674. The van der Waals surface area contributed by atoms with E-state index in [-0.39, 0.29) is 24.5 Å². The van der Waals surface area contributed by atoms with Crippen molar-refractivity contribution in [3.8, 4) is 0 Å². The van der Waals surface area contributed by atoms with Crippen LogP contribution in [0.15, 0.2) is 24.8 Å². The fourth-order valence-electron chi connectivity index (χ4n) is 3.09. The number of carbonyl (C=O) groups is 2. The molecule has 0 bridgehead atoms. The van der Waals surface area contributed by atoms with Crippen molar-refractivity contribution in [1.29, 1.82) is 0 Å². The van der Waals surface area contributed by atoms with Gasteiger partial charge in [0.25, 0.3) is 5.91 Å². The summed E-state index contributed by atoms with van der Waals surface area (Å²) < 4.78 is 1.66. The molecule has 8 nitrogen and oxygen atoms in total. The molecule has 0 aliphatic carbocycles. The number of aryl methyl sites for hydroxylation is 1. The van der Waals surface area contributed by atoms with Crippen LogP contribution < -0.4 is 5.32 Å². The summed E-state index contributed by atoms with van der Waals surface area (Å²) in [5.74, 6) is -0.0258. The molecule has 1 aliphatic rings. The highest BCUT2D eigenvalue weighted by Gasteiger charge is 2.31. The number of carbonyl (C=O) groups excluding carboxylic acids is 2. The van der Waals surface area contributed by atoms with E-state index in [0.717, 1.165) is 24.3 Å². The van der Waals surface area contributed by atoms with Crippen LogP contribution in [0.2, 0.25) is 0 Å². The number of aromatic nitrogens is 3. The molecule has 26 heavy (non-hydrogen) atoms. The molecule has 3 heterocycles.